The average Bonchev–Trinajstić information content (AvgIpc) is 2.35. The number of aliphatic carboxylic acids is 1. The van der Waals surface area contributed by atoms with Crippen LogP contribution >= 0.6 is 0 Å². The lowest BCUT2D eigenvalue weighted by atomic mass is 10.0. The maximum Gasteiger partial charge on any atom is 0.322 e. The van der Waals surface area contributed by atoms with Crippen molar-refractivity contribution in [3.05, 3.63) is 24.3 Å². The van der Waals surface area contributed by atoms with Crippen LogP contribution in [0.5, 0.6) is 0 Å². The lowest BCUT2D eigenvalue weighted by molar-refractivity contribution is -0.140. The van der Waals surface area contributed by atoms with Gasteiger partial charge in [0, 0.05) is 6.20 Å². The van der Waals surface area contributed by atoms with E-state index in [4.69, 9.17) is 5.11 Å². The fourth-order valence-electron chi connectivity index (χ4n) is 1.42. The number of hydrogen-bond acceptors (Lipinski definition) is 4. The number of hydrogen-bond donors (Lipinski definition) is 2. The van der Waals surface area contributed by atoms with E-state index in [0.29, 0.717) is 6.42 Å². The molecule has 8 heteroatoms. The first kappa shape index (κ1) is 15.5. The van der Waals surface area contributed by atoms with Crippen LogP contribution in [-0.2, 0) is 14.8 Å². The number of sulfonamides is 1. The van der Waals surface area contributed by atoms with Gasteiger partial charge in [-0.3, -0.25) is 9.78 Å². The first-order chi connectivity index (χ1) is 8.77. The molecule has 0 aromatic carbocycles. The molecule has 1 rings (SSSR count). The second kappa shape index (κ2) is 6.07. The molecule has 0 saturated carbocycles. The molecule has 106 valence electrons. The van der Waals surface area contributed by atoms with Crippen LogP contribution in [0, 0.1) is 11.7 Å². The van der Waals surface area contributed by atoms with Crippen molar-refractivity contribution < 1.29 is 22.7 Å². The Labute approximate surface area is 110 Å². The van der Waals surface area contributed by atoms with Crippen LogP contribution in [0.4, 0.5) is 4.39 Å². The van der Waals surface area contributed by atoms with Crippen LogP contribution in [0.3, 0.4) is 0 Å². The van der Waals surface area contributed by atoms with Crippen LogP contribution in [0.2, 0.25) is 0 Å². The molecule has 0 aliphatic rings. The normalized spacial score (nSPS) is 14.9. The minimum atomic E-state index is -4.12. The number of carboxylic acids is 1. The zero-order valence-corrected chi connectivity index (χ0v) is 11.3. The molecular weight excluding hydrogens is 275 g/mol. The van der Waals surface area contributed by atoms with Gasteiger partial charge in [-0.05, 0) is 12.0 Å². The molecule has 0 bridgehead atoms. The number of nitrogens with zero attached hydrogens (tertiary/aromatic N) is 1. The summed E-state index contributed by atoms with van der Waals surface area (Å²) in [5.74, 6) is -2.48. The van der Waals surface area contributed by atoms with Crippen LogP contribution in [0.25, 0.3) is 0 Å². The summed E-state index contributed by atoms with van der Waals surface area (Å²) in [5, 5.41) is 9.02. The maximum atomic E-state index is 12.9. The SMILES string of the molecule is CC[C@H](C)[C@H](NS(=O)(=O)c1cncc(F)c1)C(=O)O. The van der Waals surface area contributed by atoms with Crippen LogP contribution in [-0.4, -0.2) is 30.5 Å². The number of halogens is 1. The van der Waals surface area contributed by atoms with E-state index in [1.54, 1.807) is 13.8 Å². The van der Waals surface area contributed by atoms with E-state index in [-0.39, 0.29) is 0 Å². The number of pyridine rings is 1. The van der Waals surface area contributed by atoms with Crippen LogP contribution in [0.1, 0.15) is 20.3 Å². The van der Waals surface area contributed by atoms with E-state index in [0.717, 1.165) is 18.5 Å². The molecule has 0 saturated heterocycles. The average molecular weight is 290 g/mol. The largest absolute Gasteiger partial charge is 0.480 e. The third kappa shape index (κ3) is 3.97. The summed E-state index contributed by atoms with van der Waals surface area (Å²) in [6.07, 6.45) is 2.31. The van der Waals surface area contributed by atoms with Gasteiger partial charge in [0.15, 0.2) is 0 Å². The Kier molecular flexibility index (Phi) is 4.96. The molecule has 1 heterocycles. The fourth-order valence-corrected chi connectivity index (χ4v) is 2.69. The molecule has 1 aromatic heterocycles. The highest BCUT2D eigenvalue weighted by Gasteiger charge is 2.29. The minimum absolute atomic E-state index is 0.395. The highest BCUT2D eigenvalue weighted by molar-refractivity contribution is 7.89. The van der Waals surface area contributed by atoms with Gasteiger partial charge in [-0.2, -0.15) is 4.72 Å². The van der Waals surface area contributed by atoms with Crippen molar-refractivity contribution in [1.82, 2.24) is 9.71 Å². The number of aromatic nitrogens is 1. The van der Waals surface area contributed by atoms with E-state index in [1.807, 2.05) is 0 Å². The molecule has 0 radical (unpaired) electrons. The standard InChI is InChI=1S/C11H15FN2O4S/c1-3-7(2)10(11(15)16)14-19(17,18)9-4-8(12)5-13-6-9/h4-7,10,14H,3H2,1-2H3,(H,15,16)/t7-,10-/m0/s1. The van der Waals surface area contributed by atoms with E-state index in [1.165, 1.54) is 0 Å². The van der Waals surface area contributed by atoms with Crippen molar-refractivity contribution >= 4 is 16.0 Å². The zero-order valence-electron chi connectivity index (χ0n) is 10.5. The summed E-state index contributed by atoms with van der Waals surface area (Å²) >= 11 is 0. The van der Waals surface area contributed by atoms with Crippen LogP contribution in [0.15, 0.2) is 23.4 Å². The number of nitrogens with one attached hydrogen (secondary N) is 1. The molecule has 0 amide bonds. The van der Waals surface area contributed by atoms with Crippen molar-refractivity contribution in [3.8, 4) is 0 Å². The van der Waals surface area contributed by atoms with E-state index < -0.39 is 38.7 Å². The van der Waals surface area contributed by atoms with Crippen molar-refractivity contribution in [2.45, 2.75) is 31.2 Å². The summed E-state index contributed by atoms with van der Waals surface area (Å²) < 4.78 is 38.9. The topological polar surface area (TPSA) is 96.4 Å². The molecule has 6 nitrogen and oxygen atoms in total. The zero-order chi connectivity index (χ0) is 14.6. The Hall–Kier alpha value is -1.54. The lowest BCUT2D eigenvalue weighted by Gasteiger charge is -2.19. The van der Waals surface area contributed by atoms with E-state index >= 15 is 0 Å². The number of carboxylic acid groups (broad SMARTS) is 1. The van der Waals surface area contributed by atoms with Crippen molar-refractivity contribution in [2.24, 2.45) is 5.92 Å². The molecule has 0 aliphatic heterocycles. The smallest absolute Gasteiger partial charge is 0.322 e. The lowest BCUT2D eigenvalue weighted by Crippen LogP contribution is -2.44. The summed E-state index contributed by atoms with van der Waals surface area (Å²) in [5.41, 5.74) is 0. The van der Waals surface area contributed by atoms with Crippen molar-refractivity contribution in [3.63, 3.8) is 0 Å². The molecule has 0 spiro atoms. The molecule has 0 aliphatic carbocycles. The Morgan fingerprint density at radius 1 is 1.53 bits per heavy atom. The Bertz CT molecular complexity index is 562. The second-order valence-electron chi connectivity index (χ2n) is 4.16. The molecule has 0 unspecified atom stereocenters. The summed E-state index contributed by atoms with van der Waals surface area (Å²) in [4.78, 5) is 14.1. The van der Waals surface area contributed by atoms with Crippen LogP contribution < -0.4 is 4.72 Å². The highest BCUT2D eigenvalue weighted by atomic mass is 32.2. The van der Waals surface area contributed by atoms with Crippen molar-refractivity contribution in [1.29, 1.82) is 0 Å². The molecular formula is C11H15FN2O4S. The second-order valence-corrected chi connectivity index (χ2v) is 5.88. The predicted octanol–water partition coefficient (Wildman–Crippen LogP) is 0.998. The fraction of sp³-hybridized carbons (Fsp3) is 0.455. The number of carbonyl (C=O) groups is 1. The van der Waals surface area contributed by atoms with Gasteiger partial charge in [0.05, 0.1) is 6.20 Å². The summed E-state index contributed by atoms with van der Waals surface area (Å²) in [6, 6.07) is -0.483. The van der Waals surface area contributed by atoms with E-state index in [9.17, 15) is 17.6 Å². The van der Waals surface area contributed by atoms with Gasteiger partial charge < -0.3 is 5.11 Å². The molecule has 2 atom stereocenters. The maximum absolute atomic E-state index is 12.9. The quantitative estimate of drug-likeness (QED) is 0.814. The van der Waals surface area contributed by atoms with Gasteiger partial charge in [-0.15, -0.1) is 0 Å². The Balaban J connectivity index is 3.04. The predicted molar refractivity (Wildman–Crippen MR) is 65.4 cm³/mol. The molecule has 19 heavy (non-hydrogen) atoms. The van der Waals surface area contributed by atoms with Gasteiger partial charge in [0.1, 0.15) is 16.8 Å². The summed E-state index contributed by atoms with van der Waals surface area (Å²) in [6.45, 7) is 3.36. The first-order valence-electron chi connectivity index (χ1n) is 5.63. The molecule has 1 aromatic rings. The Morgan fingerprint density at radius 2 is 2.16 bits per heavy atom. The van der Waals surface area contributed by atoms with Crippen molar-refractivity contribution in [2.75, 3.05) is 0 Å². The molecule has 0 fully saturated rings. The molecule has 2 N–H and O–H groups in total. The minimum Gasteiger partial charge on any atom is -0.480 e. The highest BCUT2D eigenvalue weighted by Crippen LogP contribution is 2.14. The van der Waals surface area contributed by atoms with Gasteiger partial charge in [-0.1, -0.05) is 20.3 Å². The van der Waals surface area contributed by atoms with Gasteiger partial charge in [0.2, 0.25) is 10.0 Å². The Morgan fingerprint density at radius 3 is 2.63 bits per heavy atom. The van der Waals surface area contributed by atoms with E-state index in [2.05, 4.69) is 9.71 Å². The number of rotatable bonds is 6. The first-order valence-corrected chi connectivity index (χ1v) is 7.12. The third-order valence-corrected chi connectivity index (χ3v) is 4.16. The van der Waals surface area contributed by atoms with Gasteiger partial charge in [0.25, 0.3) is 0 Å². The van der Waals surface area contributed by atoms with Gasteiger partial charge >= 0.3 is 5.97 Å². The third-order valence-electron chi connectivity index (χ3n) is 2.75. The monoisotopic (exact) mass is 290 g/mol. The van der Waals surface area contributed by atoms with Gasteiger partial charge in [-0.25, -0.2) is 12.8 Å². The summed E-state index contributed by atoms with van der Waals surface area (Å²) in [7, 11) is -4.12.